The molecule has 1 aromatic carbocycles. The van der Waals surface area contributed by atoms with Crippen LogP contribution >= 0.6 is 0 Å². The Kier molecular flexibility index (Phi) is 3.81. The zero-order valence-corrected chi connectivity index (χ0v) is 12.0. The molecule has 0 saturated heterocycles. The van der Waals surface area contributed by atoms with Gasteiger partial charge >= 0.3 is 0 Å². The van der Waals surface area contributed by atoms with Crippen molar-refractivity contribution in [1.82, 2.24) is 20.0 Å². The highest BCUT2D eigenvalue weighted by Crippen LogP contribution is 2.21. The Labute approximate surface area is 123 Å². The Bertz CT molecular complexity index is 757. The van der Waals surface area contributed by atoms with Crippen LogP contribution < -0.4 is 0 Å². The minimum atomic E-state index is 0.441. The topological polar surface area (TPSA) is 63.6 Å². The number of H-pyrrole nitrogens is 1. The zero-order chi connectivity index (χ0) is 14.7. The van der Waals surface area contributed by atoms with Crippen molar-refractivity contribution in [1.29, 1.82) is 0 Å². The van der Waals surface area contributed by atoms with E-state index >= 15 is 0 Å². The van der Waals surface area contributed by atoms with Gasteiger partial charge in [0.25, 0.3) is 0 Å². The van der Waals surface area contributed by atoms with Crippen LogP contribution in [0.1, 0.15) is 41.5 Å². The molecule has 0 amide bonds. The van der Waals surface area contributed by atoms with Gasteiger partial charge in [-0.2, -0.15) is 0 Å². The highest BCUT2D eigenvalue weighted by Gasteiger charge is 2.14. The van der Waals surface area contributed by atoms with Crippen LogP contribution in [0.25, 0.3) is 10.9 Å². The van der Waals surface area contributed by atoms with E-state index in [9.17, 15) is 4.79 Å². The molecule has 0 radical (unpaired) electrons. The highest BCUT2D eigenvalue weighted by molar-refractivity contribution is 5.83. The molecule has 0 aliphatic heterocycles. The molecular formula is C16H18N4O. The standard InChI is InChI=1S/C16H18N4O/c1-2-3-8-20-16(15(11-21)18-19-20)9-12-10-17-14-7-5-4-6-13(12)14/h4-7,10-11,17H,2-3,8-9H2,1H3. The van der Waals surface area contributed by atoms with Crippen LogP contribution in [0.3, 0.4) is 0 Å². The van der Waals surface area contributed by atoms with Crippen LogP contribution in [0.4, 0.5) is 0 Å². The number of nitrogens with zero attached hydrogens (tertiary/aromatic N) is 3. The quantitative estimate of drug-likeness (QED) is 0.707. The summed E-state index contributed by atoms with van der Waals surface area (Å²) in [5, 5.41) is 9.27. The van der Waals surface area contributed by atoms with E-state index in [1.807, 2.05) is 29.1 Å². The summed E-state index contributed by atoms with van der Waals surface area (Å²) in [7, 11) is 0. The molecule has 0 fully saturated rings. The number of nitrogens with one attached hydrogen (secondary N) is 1. The van der Waals surface area contributed by atoms with Crippen LogP contribution in [-0.4, -0.2) is 26.3 Å². The van der Waals surface area contributed by atoms with E-state index in [0.717, 1.165) is 42.4 Å². The Balaban J connectivity index is 1.96. The number of benzene rings is 1. The van der Waals surface area contributed by atoms with Crippen molar-refractivity contribution < 1.29 is 4.79 Å². The fourth-order valence-corrected chi connectivity index (χ4v) is 2.57. The number of aldehydes is 1. The second-order valence-electron chi connectivity index (χ2n) is 5.15. The second kappa shape index (κ2) is 5.91. The molecule has 1 N–H and O–H groups in total. The Morgan fingerprint density at radius 1 is 1.33 bits per heavy atom. The summed E-state index contributed by atoms with van der Waals surface area (Å²) in [5.41, 5.74) is 3.60. The molecule has 0 bridgehead atoms. The van der Waals surface area contributed by atoms with Crippen LogP contribution in [0, 0.1) is 0 Å². The van der Waals surface area contributed by atoms with Gasteiger partial charge in [0.1, 0.15) is 5.69 Å². The van der Waals surface area contributed by atoms with Gasteiger partial charge in [-0.05, 0) is 18.1 Å². The molecule has 5 nitrogen and oxygen atoms in total. The minimum Gasteiger partial charge on any atom is -0.361 e. The lowest BCUT2D eigenvalue weighted by Gasteiger charge is -2.05. The maximum Gasteiger partial charge on any atom is 0.172 e. The number of hydrogen-bond acceptors (Lipinski definition) is 3. The average molecular weight is 282 g/mol. The van der Waals surface area contributed by atoms with Gasteiger partial charge in [0.05, 0.1) is 5.69 Å². The molecule has 0 aliphatic carbocycles. The summed E-state index contributed by atoms with van der Waals surface area (Å²) >= 11 is 0. The van der Waals surface area contributed by atoms with Gasteiger partial charge in [0.15, 0.2) is 6.29 Å². The fourth-order valence-electron chi connectivity index (χ4n) is 2.57. The van der Waals surface area contributed by atoms with Crippen molar-refractivity contribution in [3.8, 4) is 0 Å². The molecule has 0 saturated carbocycles. The summed E-state index contributed by atoms with van der Waals surface area (Å²) in [6.07, 6.45) is 5.57. The van der Waals surface area contributed by atoms with E-state index < -0.39 is 0 Å². The van der Waals surface area contributed by atoms with Crippen LogP contribution in [0.5, 0.6) is 0 Å². The summed E-state index contributed by atoms with van der Waals surface area (Å²) in [6.45, 7) is 2.94. The summed E-state index contributed by atoms with van der Waals surface area (Å²) in [5.74, 6) is 0. The number of para-hydroxylation sites is 1. The third-order valence-electron chi connectivity index (χ3n) is 3.74. The summed E-state index contributed by atoms with van der Waals surface area (Å²) in [4.78, 5) is 14.4. The first-order chi connectivity index (χ1) is 10.3. The van der Waals surface area contributed by atoms with Crippen molar-refractivity contribution in [2.75, 3.05) is 0 Å². The number of hydrogen-bond donors (Lipinski definition) is 1. The van der Waals surface area contributed by atoms with Gasteiger partial charge < -0.3 is 4.98 Å². The van der Waals surface area contributed by atoms with Gasteiger partial charge in [0, 0.05) is 30.1 Å². The zero-order valence-electron chi connectivity index (χ0n) is 12.0. The maximum absolute atomic E-state index is 11.2. The van der Waals surface area contributed by atoms with Crippen molar-refractivity contribution in [2.24, 2.45) is 0 Å². The van der Waals surface area contributed by atoms with Gasteiger partial charge in [-0.15, -0.1) is 5.10 Å². The van der Waals surface area contributed by atoms with Gasteiger partial charge in [-0.3, -0.25) is 4.79 Å². The molecule has 0 spiro atoms. The molecule has 2 aromatic heterocycles. The molecule has 0 aliphatic rings. The van der Waals surface area contributed by atoms with Crippen molar-refractivity contribution >= 4 is 17.2 Å². The number of aromatic amines is 1. The molecule has 5 heteroatoms. The van der Waals surface area contributed by atoms with Crippen LogP contribution in [0.15, 0.2) is 30.5 Å². The highest BCUT2D eigenvalue weighted by atomic mass is 16.1. The number of carbonyl (C=O) groups is 1. The van der Waals surface area contributed by atoms with Crippen LogP contribution in [-0.2, 0) is 13.0 Å². The van der Waals surface area contributed by atoms with Crippen molar-refractivity contribution in [3.05, 3.63) is 47.4 Å². The molecule has 108 valence electrons. The third kappa shape index (κ3) is 2.59. The van der Waals surface area contributed by atoms with E-state index in [4.69, 9.17) is 0 Å². The first kappa shape index (κ1) is 13.5. The van der Waals surface area contributed by atoms with Gasteiger partial charge in [0.2, 0.25) is 0 Å². The lowest BCUT2D eigenvalue weighted by Crippen LogP contribution is -2.07. The number of carbonyl (C=O) groups excluding carboxylic acids is 1. The van der Waals surface area contributed by atoms with E-state index in [0.29, 0.717) is 12.1 Å². The molecule has 21 heavy (non-hydrogen) atoms. The van der Waals surface area contributed by atoms with E-state index in [-0.39, 0.29) is 0 Å². The normalized spacial score (nSPS) is 11.1. The smallest absolute Gasteiger partial charge is 0.172 e. The number of unbranched alkanes of at least 4 members (excludes halogenated alkanes) is 1. The van der Waals surface area contributed by atoms with Gasteiger partial charge in [-0.1, -0.05) is 36.8 Å². The number of aryl methyl sites for hydroxylation is 1. The lowest BCUT2D eigenvalue weighted by atomic mass is 10.1. The largest absolute Gasteiger partial charge is 0.361 e. The molecular weight excluding hydrogens is 264 g/mol. The van der Waals surface area contributed by atoms with Crippen molar-refractivity contribution in [3.63, 3.8) is 0 Å². The molecule has 0 atom stereocenters. The first-order valence-corrected chi connectivity index (χ1v) is 7.26. The van der Waals surface area contributed by atoms with E-state index in [2.05, 4.69) is 28.3 Å². The lowest BCUT2D eigenvalue weighted by molar-refractivity contribution is 0.111. The number of fused-ring (bicyclic) bond motifs is 1. The Hall–Kier alpha value is -2.43. The molecule has 3 rings (SSSR count). The molecule has 3 aromatic rings. The molecule has 0 unspecified atom stereocenters. The second-order valence-corrected chi connectivity index (χ2v) is 5.15. The number of rotatable bonds is 6. The predicted molar refractivity (Wildman–Crippen MR) is 81.4 cm³/mol. The minimum absolute atomic E-state index is 0.441. The molecule has 2 heterocycles. The number of aromatic nitrogens is 4. The Morgan fingerprint density at radius 3 is 3.00 bits per heavy atom. The SMILES string of the molecule is CCCCn1nnc(C=O)c1Cc1c[nH]c2ccccc12. The van der Waals surface area contributed by atoms with E-state index in [1.54, 1.807) is 0 Å². The average Bonchev–Trinajstić information content (AvgIpc) is 3.10. The van der Waals surface area contributed by atoms with E-state index in [1.165, 1.54) is 5.39 Å². The third-order valence-corrected chi connectivity index (χ3v) is 3.74. The fraction of sp³-hybridized carbons (Fsp3) is 0.312. The first-order valence-electron chi connectivity index (χ1n) is 7.26. The Morgan fingerprint density at radius 2 is 2.19 bits per heavy atom. The van der Waals surface area contributed by atoms with Gasteiger partial charge in [-0.25, -0.2) is 4.68 Å². The van der Waals surface area contributed by atoms with Crippen LogP contribution in [0.2, 0.25) is 0 Å². The predicted octanol–water partition coefficient (Wildman–Crippen LogP) is 2.96. The monoisotopic (exact) mass is 282 g/mol. The maximum atomic E-state index is 11.2. The summed E-state index contributed by atoms with van der Waals surface area (Å²) in [6, 6.07) is 8.16. The van der Waals surface area contributed by atoms with Crippen molar-refractivity contribution in [2.45, 2.75) is 32.7 Å². The summed E-state index contributed by atoms with van der Waals surface area (Å²) < 4.78 is 1.86.